The topological polar surface area (TPSA) is 90.0 Å². The molecule has 104 valence electrons. The van der Waals surface area contributed by atoms with Gasteiger partial charge >= 0.3 is 11.7 Å². The molecule has 0 radical (unpaired) electrons. The number of aromatic nitrogens is 4. The molecule has 1 rings (SSSR count). The number of allylic oxidation sites excluding steroid dienone is 1. The molecule has 0 amide bonds. The van der Waals surface area contributed by atoms with Crippen LogP contribution in [-0.4, -0.2) is 30.9 Å². The van der Waals surface area contributed by atoms with Gasteiger partial charge in [-0.15, -0.1) is 6.58 Å². The summed E-state index contributed by atoms with van der Waals surface area (Å²) in [6, 6.07) is 0. The van der Waals surface area contributed by atoms with E-state index < -0.39 is 11.7 Å². The summed E-state index contributed by atoms with van der Waals surface area (Å²) in [6.45, 7) is 6.28. The van der Waals surface area contributed by atoms with Gasteiger partial charge in [-0.1, -0.05) is 13.0 Å². The van der Waals surface area contributed by atoms with E-state index in [1.165, 1.54) is 4.68 Å². The van der Waals surface area contributed by atoms with Crippen LogP contribution in [0.2, 0.25) is 0 Å². The number of aliphatic carboxylic acids is 1. The van der Waals surface area contributed by atoms with Crippen molar-refractivity contribution in [3.63, 3.8) is 0 Å². The summed E-state index contributed by atoms with van der Waals surface area (Å²) in [7, 11) is 0. The lowest BCUT2D eigenvalue weighted by molar-refractivity contribution is -0.131. The molecule has 0 bridgehead atoms. The molecule has 0 spiro atoms. The van der Waals surface area contributed by atoms with Crippen LogP contribution >= 0.6 is 0 Å². The van der Waals surface area contributed by atoms with Crippen LogP contribution in [-0.2, 0) is 11.3 Å². The van der Waals surface area contributed by atoms with Gasteiger partial charge in [0.25, 0.3) is 0 Å². The van der Waals surface area contributed by atoms with Gasteiger partial charge in [0, 0.05) is 18.8 Å². The molecular formula is C12H18N4O3. The van der Waals surface area contributed by atoms with Crippen LogP contribution in [0.15, 0.2) is 23.5 Å². The van der Waals surface area contributed by atoms with Crippen molar-refractivity contribution in [2.24, 2.45) is 5.92 Å². The smallest absolute Gasteiger partial charge is 0.367 e. The van der Waals surface area contributed by atoms with Gasteiger partial charge in [0.15, 0.2) is 0 Å². The highest BCUT2D eigenvalue weighted by atomic mass is 16.4. The average Bonchev–Trinajstić information content (AvgIpc) is 2.69. The van der Waals surface area contributed by atoms with Crippen molar-refractivity contribution in [2.75, 3.05) is 0 Å². The Morgan fingerprint density at radius 3 is 2.89 bits per heavy atom. The monoisotopic (exact) mass is 266 g/mol. The standard InChI is InChI=1S/C12H18N4O3/c1-3-5-10(2)6-4-8-15-12(19)16(14-13-15)9-7-11(17)18/h3,7,9-10H,1,4-6,8H2,2H3,(H,17,18)/b9-7+. The van der Waals surface area contributed by atoms with E-state index in [2.05, 4.69) is 23.9 Å². The number of hydrogen-bond acceptors (Lipinski definition) is 4. The number of rotatable bonds is 8. The predicted molar refractivity (Wildman–Crippen MR) is 70.5 cm³/mol. The Morgan fingerprint density at radius 1 is 1.53 bits per heavy atom. The van der Waals surface area contributed by atoms with Crippen molar-refractivity contribution in [3.05, 3.63) is 29.2 Å². The van der Waals surface area contributed by atoms with Gasteiger partial charge in [-0.05, 0) is 35.6 Å². The number of carboxylic acid groups (broad SMARTS) is 1. The highest BCUT2D eigenvalue weighted by Gasteiger charge is 2.06. The zero-order valence-corrected chi connectivity index (χ0v) is 10.9. The van der Waals surface area contributed by atoms with E-state index in [4.69, 9.17) is 5.11 Å². The molecule has 0 saturated heterocycles. The number of hydrogen-bond donors (Lipinski definition) is 1. The van der Waals surface area contributed by atoms with Crippen LogP contribution in [0.25, 0.3) is 6.20 Å². The first-order valence-corrected chi connectivity index (χ1v) is 6.09. The number of carbonyl (C=O) groups is 1. The zero-order chi connectivity index (χ0) is 14.3. The molecule has 1 N–H and O–H groups in total. The molecule has 0 fully saturated rings. The summed E-state index contributed by atoms with van der Waals surface area (Å²) in [5.74, 6) is -0.616. The van der Waals surface area contributed by atoms with E-state index in [1.807, 2.05) is 6.08 Å². The van der Waals surface area contributed by atoms with Gasteiger partial charge in [-0.25, -0.2) is 9.59 Å². The molecule has 7 heteroatoms. The minimum absolute atomic E-state index is 0.436. The SMILES string of the molecule is C=CCC(C)CCCn1nnn(/C=C/C(=O)O)c1=O. The molecule has 0 aliphatic carbocycles. The largest absolute Gasteiger partial charge is 0.478 e. The second-order valence-electron chi connectivity index (χ2n) is 4.35. The maximum atomic E-state index is 11.7. The van der Waals surface area contributed by atoms with Crippen molar-refractivity contribution in [3.8, 4) is 0 Å². The molecule has 1 atom stereocenters. The van der Waals surface area contributed by atoms with E-state index in [-0.39, 0.29) is 0 Å². The lowest BCUT2D eigenvalue weighted by atomic mass is 10.0. The Balaban J connectivity index is 2.54. The lowest BCUT2D eigenvalue weighted by Crippen LogP contribution is -2.23. The Bertz CT molecular complexity index is 515. The molecule has 0 aromatic carbocycles. The molecule has 1 aromatic heterocycles. The molecule has 1 aromatic rings. The number of tetrazole rings is 1. The maximum absolute atomic E-state index is 11.7. The third-order valence-corrected chi connectivity index (χ3v) is 2.66. The van der Waals surface area contributed by atoms with Gasteiger partial charge < -0.3 is 5.11 Å². The number of nitrogens with zero attached hydrogens (tertiary/aromatic N) is 4. The first-order chi connectivity index (χ1) is 9.04. The van der Waals surface area contributed by atoms with Crippen LogP contribution in [0.3, 0.4) is 0 Å². The first kappa shape index (κ1) is 14.9. The van der Waals surface area contributed by atoms with Crippen molar-refractivity contribution in [1.29, 1.82) is 0 Å². The normalized spacial score (nSPS) is 12.7. The molecule has 1 heterocycles. The fraction of sp³-hybridized carbons (Fsp3) is 0.500. The van der Waals surface area contributed by atoms with Crippen molar-refractivity contribution in [2.45, 2.75) is 32.7 Å². The lowest BCUT2D eigenvalue weighted by Gasteiger charge is -2.06. The van der Waals surface area contributed by atoms with Crippen molar-refractivity contribution >= 4 is 12.2 Å². The van der Waals surface area contributed by atoms with Gasteiger partial charge in [0.05, 0.1) is 0 Å². The average molecular weight is 266 g/mol. The highest BCUT2D eigenvalue weighted by Crippen LogP contribution is 2.10. The van der Waals surface area contributed by atoms with E-state index in [0.717, 1.165) is 36.2 Å². The number of carboxylic acids is 1. The molecule has 1 unspecified atom stereocenters. The third kappa shape index (κ3) is 4.90. The van der Waals surface area contributed by atoms with Crippen LogP contribution < -0.4 is 5.69 Å². The Hall–Kier alpha value is -2.18. The minimum Gasteiger partial charge on any atom is -0.478 e. The predicted octanol–water partition coefficient (Wildman–Crippen LogP) is 0.988. The van der Waals surface area contributed by atoms with Gasteiger partial charge in [-0.2, -0.15) is 9.36 Å². The van der Waals surface area contributed by atoms with Crippen LogP contribution in [0.1, 0.15) is 26.2 Å². The molecule has 0 saturated carbocycles. The summed E-state index contributed by atoms with van der Waals surface area (Å²) in [6.07, 6.45) is 6.53. The third-order valence-electron chi connectivity index (χ3n) is 2.66. The van der Waals surface area contributed by atoms with Crippen molar-refractivity contribution in [1.82, 2.24) is 19.8 Å². The summed E-state index contributed by atoms with van der Waals surface area (Å²) >= 11 is 0. The highest BCUT2D eigenvalue weighted by molar-refractivity contribution is 5.82. The first-order valence-electron chi connectivity index (χ1n) is 6.09. The molecule has 7 nitrogen and oxygen atoms in total. The van der Waals surface area contributed by atoms with Crippen LogP contribution in [0.4, 0.5) is 0 Å². The fourth-order valence-corrected chi connectivity index (χ4v) is 1.65. The van der Waals surface area contributed by atoms with E-state index >= 15 is 0 Å². The van der Waals surface area contributed by atoms with E-state index in [1.54, 1.807) is 0 Å². The Kier molecular flexibility index (Phi) is 5.72. The Morgan fingerprint density at radius 2 is 2.26 bits per heavy atom. The van der Waals surface area contributed by atoms with Crippen LogP contribution in [0, 0.1) is 5.92 Å². The summed E-state index contributed by atoms with van der Waals surface area (Å²) in [5.41, 5.74) is -0.436. The zero-order valence-electron chi connectivity index (χ0n) is 10.9. The van der Waals surface area contributed by atoms with E-state index in [9.17, 15) is 9.59 Å². The summed E-state index contributed by atoms with van der Waals surface area (Å²) < 4.78 is 2.13. The van der Waals surface area contributed by atoms with Crippen molar-refractivity contribution < 1.29 is 9.90 Å². The van der Waals surface area contributed by atoms with Gasteiger partial charge in [0.1, 0.15) is 0 Å². The van der Waals surface area contributed by atoms with Gasteiger partial charge in [0.2, 0.25) is 0 Å². The summed E-state index contributed by atoms with van der Waals surface area (Å²) in [5, 5.41) is 15.7. The fourth-order valence-electron chi connectivity index (χ4n) is 1.65. The molecule has 19 heavy (non-hydrogen) atoms. The molecule has 0 aliphatic rings. The number of aryl methyl sites for hydroxylation is 1. The minimum atomic E-state index is -1.14. The quantitative estimate of drug-likeness (QED) is 0.559. The summed E-state index contributed by atoms with van der Waals surface area (Å²) in [4.78, 5) is 22.1. The molecule has 0 aliphatic heterocycles. The second kappa shape index (κ2) is 7.30. The van der Waals surface area contributed by atoms with Gasteiger partial charge in [-0.3, -0.25) is 0 Å². The Labute approximate surface area is 110 Å². The maximum Gasteiger partial charge on any atom is 0.367 e. The second-order valence-corrected chi connectivity index (χ2v) is 4.35. The van der Waals surface area contributed by atoms with Crippen LogP contribution in [0.5, 0.6) is 0 Å². The van der Waals surface area contributed by atoms with E-state index in [0.29, 0.717) is 12.5 Å². The molecular weight excluding hydrogens is 248 g/mol.